The van der Waals surface area contributed by atoms with E-state index in [1.807, 2.05) is 44.2 Å². The van der Waals surface area contributed by atoms with E-state index in [2.05, 4.69) is 22.5 Å². The van der Waals surface area contributed by atoms with Crippen LogP contribution in [0.15, 0.2) is 42.6 Å². The monoisotopic (exact) mass is 313 g/mol. The molecule has 0 aliphatic rings. The molecule has 1 heterocycles. The molecule has 0 spiro atoms. The first-order chi connectivity index (χ1) is 11.1. The van der Waals surface area contributed by atoms with Crippen LogP contribution < -0.4 is 15.4 Å². The Balaban J connectivity index is 1.95. The van der Waals surface area contributed by atoms with Crippen LogP contribution in [0.1, 0.15) is 37.6 Å². The third-order valence-electron chi connectivity index (χ3n) is 3.07. The molecular weight excluding hydrogens is 290 g/mol. The molecule has 0 bridgehead atoms. The van der Waals surface area contributed by atoms with Crippen molar-refractivity contribution in [1.29, 1.82) is 0 Å². The highest BCUT2D eigenvalue weighted by Gasteiger charge is 2.07. The number of hydrogen-bond acceptors (Lipinski definition) is 4. The molecule has 0 aliphatic heterocycles. The Labute approximate surface area is 137 Å². The number of anilines is 2. The van der Waals surface area contributed by atoms with Crippen molar-refractivity contribution < 1.29 is 9.53 Å². The summed E-state index contributed by atoms with van der Waals surface area (Å²) in [7, 11) is 0. The van der Waals surface area contributed by atoms with Crippen molar-refractivity contribution in [1.82, 2.24) is 4.98 Å². The molecule has 0 radical (unpaired) electrons. The number of benzene rings is 1. The predicted octanol–water partition coefficient (Wildman–Crippen LogP) is 3.94. The SMILES string of the molecule is CCCNc1ccc(C(=O)Nc2ccc(OC(C)C)cc2)cn1. The second-order valence-electron chi connectivity index (χ2n) is 5.50. The number of nitrogens with one attached hydrogen (secondary N) is 2. The van der Waals surface area contributed by atoms with Gasteiger partial charge in [0.2, 0.25) is 0 Å². The topological polar surface area (TPSA) is 63.2 Å². The highest BCUT2D eigenvalue weighted by Crippen LogP contribution is 2.17. The highest BCUT2D eigenvalue weighted by molar-refractivity contribution is 6.04. The minimum Gasteiger partial charge on any atom is -0.491 e. The Hall–Kier alpha value is -2.56. The Morgan fingerprint density at radius 1 is 1.17 bits per heavy atom. The Kier molecular flexibility index (Phi) is 5.97. The van der Waals surface area contributed by atoms with E-state index < -0.39 is 0 Å². The molecule has 122 valence electrons. The average molecular weight is 313 g/mol. The Morgan fingerprint density at radius 2 is 1.91 bits per heavy atom. The van der Waals surface area contributed by atoms with Gasteiger partial charge in [0.05, 0.1) is 11.7 Å². The van der Waals surface area contributed by atoms with E-state index in [4.69, 9.17) is 4.74 Å². The van der Waals surface area contributed by atoms with Crippen LogP contribution in [0.4, 0.5) is 11.5 Å². The van der Waals surface area contributed by atoms with Gasteiger partial charge in [-0.2, -0.15) is 0 Å². The summed E-state index contributed by atoms with van der Waals surface area (Å²) in [6.07, 6.45) is 2.73. The van der Waals surface area contributed by atoms with Crippen molar-refractivity contribution in [2.45, 2.75) is 33.3 Å². The summed E-state index contributed by atoms with van der Waals surface area (Å²) in [5.74, 6) is 1.38. The second kappa shape index (κ2) is 8.17. The summed E-state index contributed by atoms with van der Waals surface area (Å²) in [4.78, 5) is 16.4. The first-order valence-corrected chi connectivity index (χ1v) is 7.86. The number of amides is 1. The van der Waals surface area contributed by atoms with Gasteiger partial charge < -0.3 is 15.4 Å². The lowest BCUT2D eigenvalue weighted by molar-refractivity contribution is 0.102. The van der Waals surface area contributed by atoms with Crippen molar-refractivity contribution in [3.05, 3.63) is 48.2 Å². The number of pyridine rings is 1. The second-order valence-corrected chi connectivity index (χ2v) is 5.50. The number of carbonyl (C=O) groups excluding carboxylic acids is 1. The summed E-state index contributed by atoms with van der Waals surface area (Å²) in [6, 6.07) is 10.9. The van der Waals surface area contributed by atoms with Crippen LogP contribution in [-0.2, 0) is 0 Å². The van der Waals surface area contributed by atoms with Gasteiger partial charge in [0.15, 0.2) is 0 Å². The van der Waals surface area contributed by atoms with Crippen molar-refractivity contribution in [2.24, 2.45) is 0 Å². The normalized spacial score (nSPS) is 10.4. The maximum Gasteiger partial charge on any atom is 0.257 e. The maximum absolute atomic E-state index is 12.2. The third kappa shape index (κ3) is 5.29. The average Bonchev–Trinajstić information content (AvgIpc) is 2.54. The van der Waals surface area contributed by atoms with E-state index in [-0.39, 0.29) is 12.0 Å². The lowest BCUT2D eigenvalue weighted by atomic mass is 10.2. The van der Waals surface area contributed by atoms with Crippen LogP contribution >= 0.6 is 0 Å². The minimum absolute atomic E-state index is 0.126. The fourth-order valence-electron chi connectivity index (χ4n) is 1.98. The van der Waals surface area contributed by atoms with E-state index in [1.54, 1.807) is 12.3 Å². The quantitative estimate of drug-likeness (QED) is 0.812. The summed E-state index contributed by atoms with van der Waals surface area (Å²) >= 11 is 0. The fourth-order valence-corrected chi connectivity index (χ4v) is 1.98. The van der Waals surface area contributed by atoms with Crippen LogP contribution in [0, 0.1) is 0 Å². The van der Waals surface area contributed by atoms with Gasteiger partial charge in [-0.3, -0.25) is 4.79 Å². The number of nitrogens with zero attached hydrogens (tertiary/aromatic N) is 1. The molecule has 2 aromatic rings. The van der Waals surface area contributed by atoms with Gasteiger partial charge in [-0.05, 0) is 56.7 Å². The van der Waals surface area contributed by atoms with Crippen LogP contribution in [0.25, 0.3) is 0 Å². The molecule has 2 N–H and O–H groups in total. The standard InChI is InChI=1S/C18H23N3O2/c1-4-11-19-17-10-5-14(12-20-17)18(22)21-15-6-8-16(9-7-15)23-13(2)3/h5-10,12-13H,4,11H2,1-3H3,(H,19,20)(H,21,22). The lowest BCUT2D eigenvalue weighted by Gasteiger charge is -2.11. The molecule has 1 aromatic carbocycles. The van der Waals surface area contributed by atoms with E-state index in [0.29, 0.717) is 5.56 Å². The summed E-state index contributed by atoms with van der Waals surface area (Å²) in [6.45, 7) is 6.90. The molecular formula is C18H23N3O2. The van der Waals surface area contributed by atoms with Crippen LogP contribution in [0.3, 0.4) is 0 Å². The minimum atomic E-state index is -0.183. The largest absolute Gasteiger partial charge is 0.491 e. The summed E-state index contributed by atoms with van der Waals surface area (Å²) < 4.78 is 5.57. The molecule has 0 unspecified atom stereocenters. The fraction of sp³-hybridized carbons (Fsp3) is 0.333. The van der Waals surface area contributed by atoms with Gasteiger partial charge in [-0.15, -0.1) is 0 Å². The van der Waals surface area contributed by atoms with E-state index in [1.165, 1.54) is 0 Å². The van der Waals surface area contributed by atoms with Crippen molar-refractivity contribution >= 4 is 17.4 Å². The molecule has 0 fully saturated rings. The zero-order valence-corrected chi connectivity index (χ0v) is 13.8. The number of ether oxygens (including phenoxy) is 1. The van der Waals surface area contributed by atoms with Gasteiger partial charge in [-0.25, -0.2) is 4.98 Å². The zero-order valence-electron chi connectivity index (χ0n) is 13.8. The smallest absolute Gasteiger partial charge is 0.257 e. The van der Waals surface area contributed by atoms with Crippen LogP contribution in [-0.4, -0.2) is 23.5 Å². The van der Waals surface area contributed by atoms with Crippen molar-refractivity contribution in [3.8, 4) is 5.75 Å². The Morgan fingerprint density at radius 3 is 2.48 bits per heavy atom. The number of carbonyl (C=O) groups is 1. The number of aromatic nitrogens is 1. The maximum atomic E-state index is 12.2. The van der Waals surface area contributed by atoms with E-state index >= 15 is 0 Å². The zero-order chi connectivity index (χ0) is 16.7. The molecule has 2 rings (SSSR count). The molecule has 0 saturated heterocycles. The molecule has 0 atom stereocenters. The molecule has 0 saturated carbocycles. The summed E-state index contributed by atoms with van der Waals surface area (Å²) in [5, 5.41) is 6.02. The molecule has 1 aromatic heterocycles. The predicted molar refractivity (Wildman–Crippen MR) is 93.2 cm³/mol. The first kappa shape index (κ1) is 16.8. The van der Waals surface area contributed by atoms with E-state index in [9.17, 15) is 4.79 Å². The van der Waals surface area contributed by atoms with Crippen molar-refractivity contribution in [2.75, 3.05) is 17.2 Å². The molecule has 0 aliphatic carbocycles. The summed E-state index contributed by atoms with van der Waals surface area (Å²) in [5.41, 5.74) is 1.24. The van der Waals surface area contributed by atoms with E-state index in [0.717, 1.165) is 30.2 Å². The number of rotatable bonds is 7. The van der Waals surface area contributed by atoms with Crippen molar-refractivity contribution in [3.63, 3.8) is 0 Å². The highest BCUT2D eigenvalue weighted by atomic mass is 16.5. The molecule has 5 heteroatoms. The first-order valence-electron chi connectivity index (χ1n) is 7.86. The molecule has 5 nitrogen and oxygen atoms in total. The van der Waals surface area contributed by atoms with Gasteiger partial charge >= 0.3 is 0 Å². The van der Waals surface area contributed by atoms with Gasteiger partial charge in [0, 0.05) is 18.4 Å². The lowest BCUT2D eigenvalue weighted by Crippen LogP contribution is -2.12. The molecule has 23 heavy (non-hydrogen) atoms. The van der Waals surface area contributed by atoms with Crippen LogP contribution in [0.5, 0.6) is 5.75 Å². The van der Waals surface area contributed by atoms with Gasteiger partial charge in [0.25, 0.3) is 5.91 Å². The van der Waals surface area contributed by atoms with Gasteiger partial charge in [0.1, 0.15) is 11.6 Å². The number of hydrogen-bond donors (Lipinski definition) is 2. The molecule has 1 amide bonds. The third-order valence-corrected chi connectivity index (χ3v) is 3.07. The Bertz CT molecular complexity index is 622. The van der Waals surface area contributed by atoms with Crippen LogP contribution in [0.2, 0.25) is 0 Å². The van der Waals surface area contributed by atoms with Gasteiger partial charge in [-0.1, -0.05) is 6.92 Å².